The summed E-state index contributed by atoms with van der Waals surface area (Å²) in [6.07, 6.45) is 4.40. The van der Waals surface area contributed by atoms with Crippen LogP contribution in [0.5, 0.6) is 0 Å². The quantitative estimate of drug-likeness (QED) is 0.867. The molecule has 0 spiro atoms. The second-order valence-electron chi connectivity index (χ2n) is 6.29. The van der Waals surface area contributed by atoms with Gasteiger partial charge in [-0.1, -0.05) is 36.6 Å². The summed E-state index contributed by atoms with van der Waals surface area (Å²) in [5.74, 6) is 0.365. The van der Waals surface area contributed by atoms with Crippen LogP contribution in [0.15, 0.2) is 24.3 Å². The number of ether oxygens (including phenoxy) is 1. The summed E-state index contributed by atoms with van der Waals surface area (Å²) in [5, 5.41) is 6.45. The predicted octanol–water partition coefficient (Wildman–Crippen LogP) is 3.19. The number of rotatable bonds is 5. The van der Waals surface area contributed by atoms with Gasteiger partial charge < -0.3 is 15.4 Å². The molecule has 1 saturated carbocycles. The lowest BCUT2D eigenvalue weighted by Crippen LogP contribution is -2.37. The Morgan fingerprint density at radius 2 is 2.17 bits per heavy atom. The van der Waals surface area contributed by atoms with Crippen LogP contribution in [-0.4, -0.2) is 24.6 Å². The molecule has 2 fully saturated rings. The summed E-state index contributed by atoms with van der Waals surface area (Å²) < 4.78 is 4.82. The molecule has 0 unspecified atom stereocenters. The minimum Gasteiger partial charge on any atom is -0.447 e. The lowest BCUT2D eigenvalue weighted by atomic mass is 9.91. The summed E-state index contributed by atoms with van der Waals surface area (Å²) in [6, 6.07) is 7.41. The highest BCUT2D eigenvalue weighted by Crippen LogP contribution is 2.36. The smallest absolute Gasteiger partial charge is 0.407 e. The van der Waals surface area contributed by atoms with E-state index in [4.69, 9.17) is 16.3 Å². The number of cyclic esters (lactones) is 1. The molecule has 0 aromatic heterocycles. The van der Waals surface area contributed by atoms with Crippen LogP contribution in [0.25, 0.3) is 0 Å². The minimum absolute atomic E-state index is 0.0262. The van der Waals surface area contributed by atoms with Gasteiger partial charge in [0.1, 0.15) is 6.61 Å². The van der Waals surface area contributed by atoms with Crippen molar-refractivity contribution in [3.05, 3.63) is 34.9 Å². The Kier molecular flexibility index (Phi) is 5.06. The van der Waals surface area contributed by atoms with Crippen molar-refractivity contribution in [3.63, 3.8) is 0 Å². The summed E-state index contributed by atoms with van der Waals surface area (Å²) in [4.78, 5) is 23.4. The molecule has 0 bridgehead atoms. The van der Waals surface area contributed by atoms with Crippen LogP contribution in [0.1, 0.15) is 43.7 Å². The monoisotopic (exact) mass is 336 g/mol. The second kappa shape index (κ2) is 7.21. The third-order valence-corrected chi connectivity index (χ3v) is 4.80. The molecule has 2 N–H and O–H groups in total. The molecule has 2 atom stereocenters. The third-order valence-electron chi connectivity index (χ3n) is 4.56. The zero-order chi connectivity index (χ0) is 16.2. The number of alkyl carbamates (subject to hydrolysis) is 1. The first-order valence-electron chi connectivity index (χ1n) is 8.10. The van der Waals surface area contributed by atoms with Gasteiger partial charge in [0, 0.05) is 5.02 Å². The fourth-order valence-electron chi connectivity index (χ4n) is 3.46. The van der Waals surface area contributed by atoms with Crippen LogP contribution in [0.3, 0.4) is 0 Å². The zero-order valence-corrected chi connectivity index (χ0v) is 13.6. The zero-order valence-electron chi connectivity index (χ0n) is 12.9. The summed E-state index contributed by atoms with van der Waals surface area (Å²) in [5.41, 5.74) is 1.05. The van der Waals surface area contributed by atoms with Crippen molar-refractivity contribution in [2.75, 3.05) is 6.61 Å². The van der Waals surface area contributed by atoms with Crippen molar-refractivity contribution in [1.82, 2.24) is 10.6 Å². The lowest BCUT2D eigenvalue weighted by molar-refractivity contribution is -0.122. The van der Waals surface area contributed by atoms with E-state index in [1.165, 1.54) is 12.8 Å². The van der Waals surface area contributed by atoms with E-state index in [2.05, 4.69) is 10.6 Å². The molecule has 1 aromatic rings. The van der Waals surface area contributed by atoms with E-state index in [0.29, 0.717) is 10.9 Å². The number of amides is 2. The van der Waals surface area contributed by atoms with E-state index in [1.807, 2.05) is 24.3 Å². The molecule has 2 aliphatic rings. The summed E-state index contributed by atoms with van der Waals surface area (Å²) in [6.45, 7) is 0.248. The molecule has 1 aromatic carbocycles. The van der Waals surface area contributed by atoms with Gasteiger partial charge in [-0.05, 0) is 36.5 Å². The van der Waals surface area contributed by atoms with Crippen molar-refractivity contribution in [2.24, 2.45) is 5.92 Å². The molecule has 3 rings (SSSR count). The molecule has 124 valence electrons. The van der Waals surface area contributed by atoms with Crippen LogP contribution in [-0.2, 0) is 9.53 Å². The Morgan fingerprint density at radius 1 is 1.39 bits per heavy atom. The number of carbonyl (C=O) groups excluding carboxylic acids is 2. The van der Waals surface area contributed by atoms with Gasteiger partial charge in [0.2, 0.25) is 5.91 Å². The van der Waals surface area contributed by atoms with Crippen LogP contribution in [0.2, 0.25) is 5.02 Å². The lowest BCUT2D eigenvalue weighted by Gasteiger charge is -2.26. The molecule has 1 aliphatic heterocycles. The van der Waals surface area contributed by atoms with Gasteiger partial charge in [-0.3, -0.25) is 4.79 Å². The molecule has 0 radical (unpaired) electrons. The fourth-order valence-corrected chi connectivity index (χ4v) is 3.66. The number of halogens is 1. The van der Waals surface area contributed by atoms with Gasteiger partial charge in [-0.2, -0.15) is 0 Å². The Bertz CT molecular complexity index is 587. The van der Waals surface area contributed by atoms with E-state index in [1.54, 1.807) is 0 Å². The molecular weight excluding hydrogens is 316 g/mol. The maximum Gasteiger partial charge on any atom is 0.407 e. The Labute approximate surface area is 140 Å². The van der Waals surface area contributed by atoms with Crippen molar-refractivity contribution in [2.45, 2.75) is 44.2 Å². The number of carbonyl (C=O) groups is 2. The van der Waals surface area contributed by atoms with Crippen LogP contribution in [0, 0.1) is 5.92 Å². The number of hydrogen-bond donors (Lipinski definition) is 2. The number of hydrogen-bond acceptors (Lipinski definition) is 3. The van der Waals surface area contributed by atoms with E-state index < -0.39 is 6.09 Å². The van der Waals surface area contributed by atoms with Gasteiger partial charge >= 0.3 is 6.09 Å². The molecule has 1 saturated heterocycles. The first-order chi connectivity index (χ1) is 11.1. The van der Waals surface area contributed by atoms with Crippen LogP contribution >= 0.6 is 11.6 Å². The van der Waals surface area contributed by atoms with E-state index in [9.17, 15) is 9.59 Å². The molecule has 6 heteroatoms. The average molecular weight is 337 g/mol. The molecule has 1 aliphatic carbocycles. The highest BCUT2D eigenvalue weighted by Gasteiger charge is 2.30. The highest BCUT2D eigenvalue weighted by atomic mass is 35.5. The number of nitrogens with one attached hydrogen (secondary N) is 2. The molecule has 5 nitrogen and oxygen atoms in total. The van der Waals surface area contributed by atoms with Gasteiger partial charge in [0.05, 0.1) is 18.5 Å². The maximum atomic E-state index is 12.4. The summed E-state index contributed by atoms with van der Waals surface area (Å²) >= 11 is 6.11. The Balaban J connectivity index is 1.68. The molecule has 23 heavy (non-hydrogen) atoms. The first-order valence-corrected chi connectivity index (χ1v) is 8.48. The van der Waals surface area contributed by atoms with Crippen molar-refractivity contribution < 1.29 is 14.3 Å². The molecule has 2 amide bonds. The third kappa shape index (κ3) is 4.16. The molecular formula is C17H21ClN2O3. The van der Waals surface area contributed by atoms with Crippen molar-refractivity contribution in [3.8, 4) is 0 Å². The normalized spacial score (nSPS) is 22.5. The summed E-state index contributed by atoms with van der Waals surface area (Å²) in [7, 11) is 0. The fraction of sp³-hybridized carbons (Fsp3) is 0.529. The average Bonchev–Trinajstić information content (AvgIpc) is 3.17. The minimum atomic E-state index is -0.454. The molecule has 1 heterocycles. The van der Waals surface area contributed by atoms with Crippen molar-refractivity contribution in [1.29, 1.82) is 0 Å². The maximum absolute atomic E-state index is 12.4. The van der Waals surface area contributed by atoms with Gasteiger partial charge in [0.15, 0.2) is 0 Å². The van der Waals surface area contributed by atoms with Gasteiger partial charge in [-0.15, -0.1) is 0 Å². The van der Waals surface area contributed by atoms with E-state index in [-0.39, 0.29) is 31.0 Å². The van der Waals surface area contributed by atoms with Gasteiger partial charge in [-0.25, -0.2) is 4.79 Å². The highest BCUT2D eigenvalue weighted by molar-refractivity contribution is 6.30. The van der Waals surface area contributed by atoms with Crippen LogP contribution in [0.4, 0.5) is 4.79 Å². The van der Waals surface area contributed by atoms with Crippen LogP contribution < -0.4 is 10.6 Å². The SMILES string of the molecule is O=C(C[C@H]1COC(=O)N1)N[C@H](c1cccc(Cl)c1)C1CCCC1. The topological polar surface area (TPSA) is 67.4 Å². The second-order valence-corrected chi connectivity index (χ2v) is 6.73. The standard InChI is InChI=1S/C17H21ClN2O3/c18-13-7-3-6-12(8-13)16(11-4-1-2-5-11)20-15(21)9-14-10-23-17(22)19-14/h3,6-8,11,14,16H,1-2,4-5,9-10H2,(H,19,22)(H,20,21)/t14-,16-/m0/s1. The van der Waals surface area contributed by atoms with E-state index in [0.717, 1.165) is 18.4 Å². The van der Waals surface area contributed by atoms with Crippen molar-refractivity contribution >= 4 is 23.6 Å². The van der Waals surface area contributed by atoms with Gasteiger partial charge in [0.25, 0.3) is 0 Å². The number of benzene rings is 1. The largest absolute Gasteiger partial charge is 0.447 e. The Hall–Kier alpha value is -1.75. The predicted molar refractivity (Wildman–Crippen MR) is 87.2 cm³/mol. The Morgan fingerprint density at radius 3 is 2.83 bits per heavy atom. The van der Waals surface area contributed by atoms with E-state index >= 15 is 0 Å². The first kappa shape index (κ1) is 16.1.